The van der Waals surface area contributed by atoms with E-state index < -0.39 is 11.7 Å². The van der Waals surface area contributed by atoms with Crippen LogP contribution in [0.4, 0.5) is 13.2 Å². The van der Waals surface area contributed by atoms with Gasteiger partial charge in [-0.1, -0.05) is 18.2 Å². The normalized spacial score (nSPS) is 14.1. The van der Waals surface area contributed by atoms with Crippen LogP contribution in [0.25, 0.3) is 33.8 Å². The van der Waals surface area contributed by atoms with Gasteiger partial charge in [0, 0.05) is 41.3 Å². The number of halogens is 3. The van der Waals surface area contributed by atoms with Gasteiger partial charge in [-0.25, -0.2) is 0 Å². The Morgan fingerprint density at radius 3 is 2.53 bits per heavy atom. The van der Waals surface area contributed by atoms with Crippen molar-refractivity contribution in [2.24, 2.45) is 0 Å². The first-order valence-electron chi connectivity index (χ1n) is 9.48. The summed E-state index contributed by atoms with van der Waals surface area (Å²) in [5.74, 6) is 0.803. The third kappa shape index (κ3) is 3.56. The molecule has 0 N–H and O–H groups in total. The zero-order valence-corrected chi connectivity index (χ0v) is 15.7. The summed E-state index contributed by atoms with van der Waals surface area (Å²) >= 11 is 0. The highest BCUT2D eigenvalue weighted by atomic mass is 19.4. The van der Waals surface area contributed by atoms with Gasteiger partial charge in [-0.05, 0) is 42.7 Å². The molecule has 8 heteroatoms. The Kier molecular flexibility index (Phi) is 4.34. The van der Waals surface area contributed by atoms with Gasteiger partial charge in [0.25, 0.3) is 0 Å². The Hall–Kier alpha value is -3.55. The Balaban J connectivity index is 1.51. The lowest BCUT2D eigenvalue weighted by atomic mass is 10.0. The van der Waals surface area contributed by atoms with Gasteiger partial charge in [-0.2, -0.15) is 13.2 Å². The van der Waals surface area contributed by atoms with Crippen molar-refractivity contribution < 1.29 is 13.2 Å². The van der Waals surface area contributed by atoms with Crippen molar-refractivity contribution >= 4 is 0 Å². The fourth-order valence-electron chi connectivity index (χ4n) is 3.41. The minimum atomic E-state index is -4.44. The second-order valence-electron chi connectivity index (χ2n) is 7.26. The summed E-state index contributed by atoms with van der Waals surface area (Å²) in [6.07, 6.45) is 3.39. The van der Waals surface area contributed by atoms with E-state index in [2.05, 4.69) is 24.7 Å². The number of pyridine rings is 2. The molecule has 0 amide bonds. The Morgan fingerprint density at radius 1 is 0.900 bits per heavy atom. The van der Waals surface area contributed by atoms with Crippen molar-refractivity contribution in [3.63, 3.8) is 0 Å². The summed E-state index contributed by atoms with van der Waals surface area (Å²) in [5, 5.41) is 8.30. The maximum Gasteiger partial charge on any atom is 0.417 e. The highest BCUT2D eigenvalue weighted by Crippen LogP contribution is 2.38. The molecule has 0 unspecified atom stereocenters. The van der Waals surface area contributed by atoms with Crippen LogP contribution >= 0.6 is 0 Å². The third-order valence-corrected chi connectivity index (χ3v) is 5.09. The minimum absolute atomic E-state index is 0.387. The molecule has 150 valence electrons. The fraction of sp³-hybridized carbons (Fsp3) is 0.182. The van der Waals surface area contributed by atoms with Crippen molar-refractivity contribution in [2.45, 2.75) is 25.1 Å². The van der Waals surface area contributed by atoms with Crippen molar-refractivity contribution in [3.8, 4) is 33.8 Å². The molecule has 0 spiro atoms. The molecular weight excluding hydrogens is 391 g/mol. The van der Waals surface area contributed by atoms with E-state index in [1.54, 1.807) is 24.7 Å². The van der Waals surface area contributed by atoms with Crippen molar-refractivity contribution in [1.82, 2.24) is 24.7 Å². The van der Waals surface area contributed by atoms with Crippen molar-refractivity contribution in [1.29, 1.82) is 0 Å². The summed E-state index contributed by atoms with van der Waals surface area (Å²) in [6, 6.07) is 12.8. The fourth-order valence-corrected chi connectivity index (χ4v) is 3.41. The number of rotatable bonds is 4. The lowest BCUT2D eigenvalue weighted by Crippen LogP contribution is -2.05. The molecule has 1 saturated carbocycles. The lowest BCUT2D eigenvalue weighted by Gasteiger charge is -2.10. The van der Waals surface area contributed by atoms with E-state index in [1.807, 2.05) is 24.3 Å². The predicted octanol–water partition coefficient (Wildman–Crippen LogP) is 5.42. The second kappa shape index (κ2) is 7.05. The lowest BCUT2D eigenvalue weighted by molar-refractivity contribution is -0.137. The van der Waals surface area contributed by atoms with Crippen LogP contribution in [0.3, 0.4) is 0 Å². The number of hydrogen-bond acceptors (Lipinski definition) is 4. The molecule has 1 aromatic carbocycles. The Labute approximate surface area is 170 Å². The average Bonchev–Trinajstić information content (AvgIpc) is 3.49. The van der Waals surface area contributed by atoms with Crippen LogP contribution in [-0.4, -0.2) is 24.7 Å². The summed E-state index contributed by atoms with van der Waals surface area (Å²) in [4.78, 5) is 8.16. The highest BCUT2D eigenvalue weighted by Gasteiger charge is 2.31. The zero-order chi connectivity index (χ0) is 20.7. The topological polar surface area (TPSA) is 56.5 Å². The maximum atomic E-state index is 13.0. The average molecular weight is 407 g/mol. The van der Waals surface area contributed by atoms with Crippen LogP contribution in [0, 0.1) is 0 Å². The van der Waals surface area contributed by atoms with E-state index >= 15 is 0 Å². The Bertz CT molecular complexity index is 1210. The number of alkyl halides is 3. The van der Waals surface area contributed by atoms with Gasteiger partial charge >= 0.3 is 6.18 Å². The molecular formula is C22H16F3N5. The molecule has 0 atom stereocenters. The largest absolute Gasteiger partial charge is 0.417 e. The van der Waals surface area contributed by atoms with Crippen LogP contribution in [-0.2, 0) is 6.18 Å². The number of benzene rings is 1. The SMILES string of the molecule is FC(F)(F)c1cncc(-c2ccnc(-c3cccc(-c4nncn4C4CC4)c3)c2)c1. The van der Waals surface area contributed by atoms with Gasteiger partial charge < -0.3 is 4.57 Å². The van der Waals surface area contributed by atoms with Crippen LogP contribution in [0.5, 0.6) is 0 Å². The molecule has 0 saturated heterocycles. The van der Waals surface area contributed by atoms with Gasteiger partial charge in [0.2, 0.25) is 0 Å². The molecule has 1 fully saturated rings. The second-order valence-corrected chi connectivity index (χ2v) is 7.26. The van der Waals surface area contributed by atoms with E-state index in [0.29, 0.717) is 22.9 Å². The van der Waals surface area contributed by atoms with E-state index in [-0.39, 0.29) is 0 Å². The molecule has 30 heavy (non-hydrogen) atoms. The minimum Gasteiger partial charge on any atom is -0.310 e. The maximum absolute atomic E-state index is 13.0. The summed E-state index contributed by atoms with van der Waals surface area (Å²) in [5.41, 5.74) is 2.65. The van der Waals surface area contributed by atoms with Gasteiger partial charge in [0.15, 0.2) is 5.82 Å². The number of nitrogens with zero attached hydrogens (tertiary/aromatic N) is 5. The molecule has 1 aliphatic carbocycles. The van der Waals surface area contributed by atoms with Gasteiger partial charge in [0.1, 0.15) is 6.33 Å². The standard InChI is InChI=1S/C22H16F3N5/c23-22(24,25)18-9-17(11-26-12-18)14-6-7-27-20(10-14)15-2-1-3-16(8-15)21-29-28-13-30(21)19-4-5-19/h1-3,6-13,19H,4-5H2. The highest BCUT2D eigenvalue weighted by molar-refractivity contribution is 5.73. The van der Waals surface area contributed by atoms with E-state index in [1.165, 1.54) is 6.20 Å². The first-order chi connectivity index (χ1) is 14.5. The summed E-state index contributed by atoms with van der Waals surface area (Å²) in [7, 11) is 0. The van der Waals surface area contributed by atoms with Gasteiger partial charge in [-0.15, -0.1) is 10.2 Å². The number of aromatic nitrogens is 5. The van der Waals surface area contributed by atoms with Crippen molar-refractivity contribution in [3.05, 3.63) is 72.9 Å². The predicted molar refractivity (Wildman–Crippen MR) is 105 cm³/mol. The monoisotopic (exact) mass is 407 g/mol. The third-order valence-electron chi connectivity index (χ3n) is 5.09. The molecule has 3 heterocycles. The van der Waals surface area contributed by atoms with Crippen LogP contribution in [0.2, 0.25) is 0 Å². The molecule has 0 aliphatic heterocycles. The molecule has 1 aliphatic rings. The number of hydrogen-bond donors (Lipinski definition) is 0. The first kappa shape index (κ1) is 18.5. The van der Waals surface area contributed by atoms with E-state index in [4.69, 9.17) is 0 Å². The molecule has 4 aromatic rings. The van der Waals surface area contributed by atoms with E-state index in [0.717, 1.165) is 42.1 Å². The van der Waals surface area contributed by atoms with Crippen molar-refractivity contribution in [2.75, 3.05) is 0 Å². The molecule has 0 radical (unpaired) electrons. The van der Waals surface area contributed by atoms with E-state index in [9.17, 15) is 13.2 Å². The smallest absolute Gasteiger partial charge is 0.310 e. The van der Waals surface area contributed by atoms with Crippen LogP contribution in [0.1, 0.15) is 24.4 Å². The quantitative estimate of drug-likeness (QED) is 0.453. The molecule has 5 nitrogen and oxygen atoms in total. The molecule has 0 bridgehead atoms. The summed E-state index contributed by atoms with van der Waals surface area (Å²) < 4.78 is 41.2. The zero-order valence-electron chi connectivity index (χ0n) is 15.7. The molecule has 5 rings (SSSR count). The molecule has 3 aromatic heterocycles. The van der Waals surface area contributed by atoms with Gasteiger partial charge in [-0.3, -0.25) is 9.97 Å². The summed E-state index contributed by atoms with van der Waals surface area (Å²) in [6.45, 7) is 0. The van der Waals surface area contributed by atoms with Gasteiger partial charge in [0.05, 0.1) is 11.3 Å². The Morgan fingerprint density at radius 2 is 1.73 bits per heavy atom. The first-order valence-corrected chi connectivity index (χ1v) is 9.48. The van der Waals surface area contributed by atoms with Crippen LogP contribution in [0.15, 0.2) is 67.4 Å². The van der Waals surface area contributed by atoms with Crippen LogP contribution < -0.4 is 0 Å².